The van der Waals surface area contributed by atoms with E-state index in [4.69, 9.17) is 0 Å². The van der Waals surface area contributed by atoms with Crippen LogP contribution in [0.3, 0.4) is 0 Å². The molecule has 0 aliphatic heterocycles. The van der Waals surface area contributed by atoms with Crippen LogP contribution in [0.5, 0.6) is 0 Å². The summed E-state index contributed by atoms with van der Waals surface area (Å²) in [4.78, 5) is 4.68. The van der Waals surface area contributed by atoms with Crippen molar-refractivity contribution in [3.63, 3.8) is 0 Å². The van der Waals surface area contributed by atoms with Crippen molar-refractivity contribution >= 4 is 10.9 Å². The van der Waals surface area contributed by atoms with Crippen LogP contribution in [-0.2, 0) is 13.0 Å². The Kier molecular flexibility index (Phi) is 8.70. The first-order valence-electron chi connectivity index (χ1n) is 11.3. The molecule has 0 spiro atoms. The Balaban J connectivity index is 1.69. The SMILES string of the molecule is [CH2]CCNCc1ccc(-c2ccc(CCCCCCCC)cc2)c2cccnc12. The van der Waals surface area contributed by atoms with E-state index >= 15 is 0 Å². The van der Waals surface area contributed by atoms with Gasteiger partial charge in [-0.1, -0.05) is 88.4 Å². The molecule has 2 aromatic carbocycles. The third kappa shape index (κ3) is 6.14. The fourth-order valence-electron chi connectivity index (χ4n) is 3.93. The predicted molar refractivity (Wildman–Crippen MR) is 126 cm³/mol. The van der Waals surface area contributed by atoms with E-state index in [1.54, 1.807) is 0 Å². The molecule has 2 heteroatoms. The maximum absolute atomic E-state index is 4.68. The number of pyridine rings is 1. The van der Waals surface area contributed by atoms with Crippen LogP contribution in [0.2, 0.25) is 0 Å². The fourth-order valence-corrected chi connectivity index (χ4v) is 3.93. The van der Waals surface area contributed by atoms with Crippen LogP contribution in [0.4, 0.5) is 0 Å². The number of hydrogen-bond acceptors (Lipinski definition) is 2. The van der Waals surface area contributed by atoms with E-state index in [0.717, 1.165) is 25.0 Å². The largest absolute Gasteiger partial charge is 0.313 e. The molecule has 3 aromatic rings. The molecule has 0 saturated heterocycles. The molecule has 0 bridgehead atoms. The molecule has 0 aliphatic carbocycles. The zero-order valence-electron chi connectivity index (χ0n) is 17.9. The lowest BCUT2D eigenvalue weighted by atomic mass is 9.96. The minimum atomic E-state index is 0.834. The first-order valence-corrected chi connectivity index (χ1v) is 11.3. The molecule has 153 valence electrons. The molecule has 0 unspecified atom stereocenters. The molecule has 3 rings (SSSR count). The van der Waals surface area contributed by atoms with Crippen LogP contribution in [0.1, 0.15) is 63.0 Å². The Morgan fingerprint density at radius 2 is 1.69 bits per heavy atom. The van der Waals surface area contributed by atoms with Crippen LogP contribution < -0.4 is 5.32 Å². The molecule has 0 amide bonds. The highest BCUT2D eigenvalue weighted by atomic mass is 14.8. The maximum atomic E-state index is 4.68. The highest BCUT2D eigenvalue weighted by Gasteiger charge is 2.09. The highest BCUT2D eigenvalue weighted by molar-refractivity contribution is 5.96. The summed E-state index contributed by atoms with van der Waals surface area (Å²) < 4.78 is 0. The van der Waals surface area contributed by atoms with Crippen molar-refractivity contribution in [2.75, 3.05) is 6.54 Å². The molecule has 29 heavy (non-hydrogen) atoms. The average molecular weight is 388 g/mol. The maximum Gasteiger partial charge on any atom is 0.0753 e. The van der Waals surface area contributed by atoms with Gasteiger partial charge < -0.3 is 5.32 Å². The van der Waals surface area contributed by atoms with E-state index in [9.17, 15) is 0 Å². The van der Waals surface area contributed by atoms with E-state index in [0.29, 0.717) is 0 Å². The third-order valence-corrected chi connectivity index (χ3v) is 5.61. The van der Waals surface area contributed by atoms with Crippen molar-refractivity contribution in [1.82, 2.24) is 10.3 Å². The van der Waals surface area contributed by atoms with Gasteiger partial charge in [-0.05, 0) is 54.1 Å². The summed E-state index contributed by atoms with van der Waals surface area (Å²) in [6, 6.07) is 17.8. The summed E-state index contributed by atoms with van der Waals surface area (Å²) in [5, 5.41) is 4.67. The van der Waals surface area contributed by atoms with Gasteiger partial charge >= 0.3 is 0 Å². The van der Waals surface area contributed by atoms with Crippen LogP contribution in [-0.4, -0.2) is 11.5 Å². The number of fused-ring (bicyclic) bond motifs is 1. The molecule has 2 nitrogen and oxygen atoms in total. The van der Waals surface area contributed by atoms with Crippen LogP contribution in [0.15, 0.2) is 54.7 Å². The number of aromatic nitrogens is 1. The lowest BCUT2D eigenvalue weighted by molar-refractivity contribution is 0.607. The Morgan fingerprint density at radius 3 is 2.48 bits per heavy atom. The third-order valence-electron chi connectivity index (χ3n) is 5.61. The molecule has 0 aliphatic rings. The number of aryl methyl sites for hydroxylation is 1. The number of hydrogen-bond donors (Lipinski definition) is 1. The van der Waals surface area contributed by atoms with Crippen LogP contribution in [0.25, 0.3) is 22.0 Å². The van der Waals surface area contributed by atoms with Gasteiger partial charge in [-0.2, -0.15) is 0 Å². The van der Waals surface area contributed by atoms with Gasteiger partial charge in [0.25, 0.3) is 0 Å². The van der Waals surface area contributed by atoms with E-state index in [1.165, 1.54) is 72.6 Å². The predicted octanol–water partition coefficient (Wildman–Crippen LogP) is 7.12. The summed E-state index contributed by atoms with van der Waals surface area (Å²) in [5.41, 5.74) is 6.32. The zero-order valence-corrected chi connectivity index (χ0v) is 17.9. The van der Waals surface area contributed by atoms with Gasteiger partial charge in [-0.3, -0.25) is 4.98 Å². The van der Waals surface area contributed by atoms with Crippen molar-refractivity contribution in [3.8, 4) is 11.1 Å². The van der Waals surface area contributed by atoms with Crippen molar-refractivity contribution in [3.05, 3.63) is 72.8 Å². The monoisotopic (exact) mass is 387 g/mol. The van der Waals surface area contributed by atoms with Gasteiger partial charge in [0.2, 0.25) is 0 Å². The molecule has 0 saturated carbocycles. The van der Waals surface area contributed by atoms with Crippen molar-refractivity contribution in [1.29, 1.82) is 0 Å². The van der Waals surface area contributed by atoms with Crippen LogP contribution >= 0.6 is 0 Å². The van der Waals surface area contributed by atoms with E-state index in [-0.39, 0.29) is 0 Å². The molecular formula is C27H35N2. The van der Waals surface area contributed by atoms with Gasteiger partial charge in [0.15, 0.2) is 0 Å². The lowest BCUT2D eigenvalue weighted by Gasteiger charge is -2.12. The summed E-state index contributed by atoms with van der Waals surface area (Å²) in [6.07, 6.45) is 12.1. The number of unbranched alkanes of at least 4 members (excludes halogenated alkanes) is 5. The second-order valence-corrected chi connectivity index (χ2v) is 7.92. The van der Waals surface area contributed by atoms with Gasteiger partial charge in [0, 0.05) is 18.1 Å². The molecule has 0 atom stereocenters. The number of benzene rings is 2. The van der Waals surface area contributed by atoms with E-state index < -0.39 is 0 Å². The molecule has 1 radical (unpaired) electrons. The average Bonchev–Trinajstić information content (AvgIpc) is 2.77. The highest BCUT2D eigenvalue weighted by Crippen LogP contribution is 2.30. The standard InChI is InChI=1S/C27H35N2/c1-3-5-6-7-8-9-11-22-13-15-23(16-14-22)25-18-17-24(21-28-19-4-2)27-26(25)12-10-20-29-27/h10,12-18,20,28H,2-9,11,19,21H2,1H3. The number of nitrogens with zero attached hydrogens (tertiary/aromatic N) is 1. The zero-order chi connectivity index (χ0) is 20.3. The Labute approximate surface area is 176 Å². The molecule has 1 N–H and O–H groups in total. The first kappa shape index (κ1) is 21.5. The van der Waals surface area contributed by atoms with Crippen molar-refractivity contribution in [2.45, 2.75) is 64.8 Å². The van der Waals surface area contributed by atoms with Gasteiger partial charge in [-0.15, -0.1) is 0 Å². The van der Waals surface area contributed by atoms with Crippen molar-refractivity contribution in [2.24, 2.45) is 0 Å². The molecular weight excluding hydrogens is 352 g/mol. The van der Waals surface area contributed by atoms with Gasteiger partial charge in [0.1, 0.15) is 0 Å². The Hall–Kier alpha value is -2.19. The summed E-state index contributed by atoms with van der Waals surface area (Å²) in [5.74, 6) is 0. The van der Waals surface area contributed by atoms with Crippen LogP contribution in [0, 0.1) is 6.92 Å². The second-order valence-electron chi connectivity index (χ2n) is 7.92. The lowest BCUT2D eigenvalue weighted by Crippen LogP contribution is -2.14. The summed E-state index contributed by atoms with van der Waals surface area (Å²) in [7, 11) is 0. The number of nitrogens with one attached hydrogen (secondary N) is 1. The van der Waals surface area contributed by atoms with E-state index in [1.807, 2.05) is 12.3 Å². The second kappa shape index (κ2) is 11.7. The minimum absolute atomic E-state index is 0.834. The first-order chi connectivity index (χ1) is 14.3. The normalized spacial score (nSPS) is 11.2. The van der Waals surface area contributed by atoms with Crippen molar-refractivity contribution < 1.29 is 0 Å². The van der Waals surface area contributed by atoms with Gasteiger partial charge in [-0.25, -0.2) is 0 Å². The Morgan fingerprint density at radius 1 is 0.897 bits per heavy atom. The smallest absolute Gasteiger partial charge is 0.0753 e. The summed E-state index contributed by atoms with van der Waals surface area (Å²) in [6.45, 7) is 7.93. The van der Waals surface area contributed by atoms with E-state index in [2.05, 4.69) is 66.6 Å². The minimum Gasteiger partial charge on any atom is -0.313 e. The quantitative estimate of drug-likeness (QED) is 0.335. The molecule has 0 fully saturated rings. The fraction of sp³-hybridized carbons (Fsp3) is 0.407. The molecule has 1 heterocycles. The number of rotatable bonds is 12. The van der Waals surface area contributed by atoms with Gasteiger partial charge in [0.05, 0.1) is 5.52 Å². The Bertz CT molecular complexity index is 867. The topological polar surface area (TPSA) is 24.9 Å². The summed E-state index contributed by atoms with van der Waals surface area (Å²) >= 11 is 0. The molecule has 1 aromatic heterocycles.